The van der Waals surface area contributed by atoms with E-state index in [1.165, 1.54) is 44.9 Å². The van der Waals surface area contributed by atoms with E-state index >= 15 is 0 Å². The lowest BCUT2D eigenvalue weighted by atomic mass is 9.85. The summed E-state index contributed by atoms with van der Waals surface area (Å²) in [7, 11) is 0. The van der Waals surface area contributed by atoms with Gasteiger partial charge in [0.15, 0.2) is 0 Å². The zero-order valence-corrected chi connectivity index (χ0v) is 12.4. The summed E-state index contributed by atoms with van der Waals surface area (Å²) in [6, 6.07) is 1.59. The van der Waals surface area contributed by atoms with E-state index in [0.29, 0.717) is 24.0 Å². The molecule has 0 aromatic rings. The number of nitrogens with zero attached hydrogens (tertiary/aromatic N) is 1. The smallest absolute Gasteiger partial charge is 0.240 e. The molecule has 5 atom stereocenters. The fourth-order valence-corrected chi connectivity index (χ4v) is 4.55. The molecule has 108 valence electrons. The number of hydrogen-bond donors (Lipinski definition) is 1. The minimum atomic E-state index is 0.107. The van der Waals surface area contributed by atoms with Crippen LogP contribution in [0.1, 0.15) is 65.2 Å². The second kappa shape index (κ2) is 5.43. The lowest BCUT2D eigenvalue weighted by Gasteiger charge is -2.40. The molecule has 3 unspecified atom stereocenters. The van der Waals surface area contributed by atoms with E-state index in [4.69, 9.17) is 0 Å². The Bertz CT molecular complexity index is 320. The number of fused-ring (bicyclic) bond motifs is 1. The lowest BCUT2D eigenvalue weighted by molar-refractivity contribution is -0.139. The van der Waals surface area contributed by atoms with E-state index in [0.717, 1.165) is 12.3 Å². The van der Waals surface area contributed by atoms with Gasteiger partial charge in [-0.25, -0.2) is 0 Å². The fourth-order valence-electron chi connectivity index (χ4n) is 4.55. The SMILES string of the molecule is C[C@@H]1CCC[C@H](C)N1C(=O)C1CC2CCCCC2N1. The second-order valence-corrected chi connectivity index (χ2v) is 6.98. The maximum Gasteiger partial charge on any atom is 0.240 e. The Hall–Kier alpha value is -0.570. The summed E-state index contributed by atoms with van der Waals surface area (Å²) in [5.74, 6) is 1.15. The number of carbonyl (C=O) groups is 1. The van der Waals surface area contributed by atoms with Crippen molar-refractivity contribution >= 4 is 5.91 Å². The molecule has 0 radical (unpaired) electrons. The number of nitrogens with one attached hydrogen (secondary N) is 1. The van der Waals surface area contributed by atoms with Crippen molar-refractivity contribution in [2.45, 2.75) is 89.4 Å². The molecule has 0 aromatic carbocycles. The molecule has 1 N–H and O–H groups in total. The zero-order valence-electron chi connectivity index (χ0n) is 12.4. The summed E-state index contributed by atoms with van der Waals surface area (Å²) in [5.41, 5.74) is 0. The minimum absolute atomic E-state index is 0.107. The van der Waals surface area contributed by atoms with Gasteiger partial charge in [0.25, 0.3) is 0 Å². The van der Waals surface area contributed by atoms with Crippen molar-refractivity contribution in [1.82, 2.24) is 10.2 Å². The molecule has 3 rings (SSSR count). The highest BCUT2D eigenvalue weighted by Crippen LogP contribution is 2.34. The maximum absolute atomic E-state index is 12.8. The van der Waals surface area contributed by atoms with Crippen LogP contribution in [0.4, 0.5) is 0 Å². The first-order valence-electron chi connectivity index (χ1n) is 8.25. The van der Waals surface area contributed by atoms with Crippen LogP contribution in [0.2, 0.25) is 0 Å². The first kappa shape index (κ1) is 13.4. The summed E-state index contributed by atoms with van der Waals surface area (Å²) in [6.45, 7) is 4.44. The van der Waals surface area contributed by atoms with Gasteiger partial charge in [-0.05, 0) is 58.3 Å². The van der Waals surface area contributed by atoms with E-state index in [2.05, 4.69) is 24.1 Å². The first-order chi connectivity index (χ1) is 9.16. The van der Waals surface area contributed by atoms with E-state index in [-0.39, 0.29) is 6.04 Å². The standard InChI is InChI=1S/C16H28N2O/c1-11-6-5-7-12(2)18(11)16(19)15-10-13-8-3-4-9-14(13)17-15/h11-15,17H,3-10H2,1-2H3/t11-,12+,13?,14?,15?. The minimum Gasteiger partial charge on any atom is -0.336 e. The van der Waals surface area contributed by atoms with Crippen LogP contribution in [0.5, 0.6) is 0 Å². The summed E-state index contributed by atoms with van der Waals surface area (Å²) >= 11 is 0. The van der Waals surface area contributed by atoms with Crippen LogP contribution < -0.4 is 5.32 Å². The highest BCUT2D eigenvalue weighted by molar-refractivity contribution is 5.83. The predicted octanol–water partition coefficient (Wildman–Crippen LogP) is 2.70. The van der Waals surface area contributed by atoms with Gasteiger partial charge >= 0.3 is 0 Å². The Kier molecular flexibility index (Phi) is 3.84. The number of hydrogen-bond acceptors (Lipinski definition) is 2. The van der Waals surface area contributed by atoms with Gasteiger partial charge in [0.2, 0.25) is 5.91 Å². The highest BCUT2D eigenvalue weighted by atomic mass is 16.2. The average Bonchev–Trinajstić information content (AvgIpc) is 2.82. The topological polar surface area (TPSA) is 32.3 Å². The van der Waals surface area contributed by atoms with Gasteiger partial charge in [0.1, 0.15) is 0 Å². The molecule has 1 amide bonds. The van der Waals surface area contributed by atoms with Crippen molar-refractivity contribution in [1.29, 1.82) is 0 Å². The number of amides is 1. The molecule has 3 fully saturated rings. The normalized spacial score (nSPS) is 43.1. The molecule has 3 aliphatic rings. The van der Waals surface area contributed by atoms with E-state index in [9.17, 15) is 4.79 Å². The third-order valence-electron chi connectivity index (χ3n) is 5.61. The molecular formula is C16H28N2O. The zero-order chi connectivity index (χ0) is 13.4. The Morgan fingerprint density at radius 2 is 1.68 bits per heavy atom. The van der Waals surface area contributed by atoms with Gasteiger partial charge in [0, 0.05) is 18.1 Å². The van der Waals surface area contributed by atoms with E-state index < -0.39 is 0 Å². The molecule has 2 aliphatic heterocycles. The molecular weight excluding hydrogens is 236 g/mol. The quantitative estimate of drug-likeness (QED) is 0.790. The molecule has 3 nitrogen and oxygen atoms in total. The molecule has 0 bridgehead atoms. The number of piperidine rings is 1. The van der Waals surface area contributed by atoms with Gasteiger partial charge in [-0.1, -0.05) is 12.8 Å². The Morgan fingerprint density at radius 1 is 1.00 bits per heavy atom. The van der Waals surface area contributed by atoms with Gasteiger partial charge in [-0.3, -0.25) is 4.79 Å². The molecule has 3 heteroatoms. The van der Waals surface area contributed by atoms with Crippen LogP contribution in [0.25, 0.3) is 0 Å². The van der Waals surface area contributed by atoms with Crippen molar-refractivity contribution in [2.75, 3.05) is 0 Å². The maximum atomic E-state index is 12.8. The molecule has 0 spiro atoms. The summed E-state index contributed by atoms with van der Waals surface area (Å²) in [6.07, 6.45) is 10.0. The van der Waals surface area contributed by atoms with E-state index in [1.54, 1.807) is 0 Å². The van der Waals surface area contributed by atoms with Crippen molar-refractivity contribution in [2.24, 2.45) is 5.92 Å². The van der Waals surface area contributed by atoms with Crippen LogP contribution in [-0.2, 0) is 4.79 Å². The number of likely N-dealkylation sites (tertiary alicyclic amines) is 1. The predicted molar refractivity (Wildman–Crippen MR) is 76.9 cm³/mol. The third kappa shape index (κ3) is 2.54. The third-order valence-corrected chi connectivity index (χ3v) is 5.61. The van der Waals surface area contributed by atoms with Gasteiger partial charge < -0.3 is 10.2 Å². The summed E-state index contributed by atoms with van der Waals surface area (Å²) in [5, 5.41) is 3.64. The summed E-state index contributed by atoms with van der Waals surface area (Å²) < 4.78 is 0. The molecule has 1 aliphatic carbocycles. The molecule has 19 heavy (non-hydrogen) atoms. The van der Waals surface area contributed by atoms with Crippen LogP contribution in [0.15, 0.2) is 0 Å². The number of rotatable bonds is 1. The van der Waals surface area contributed by atoms with Crippen LogP contribution in [0, 0.1) is 5.92 Å². The molecule has 0 aromatic heterocycles. The Labute approximate surface area is 117 Å². The highest BCUT2D eigenvalue weighted by Gasteiger charge is 2.41. The monoisotopic (exact) mass is 264 g/mol. The Balaban J connectivity index is 1.66. The van der Waals surface area contributed by atoms with Gasteiger partial charge in [-0.2, -0.15) is 0 Å². The molecule has 2 saturated heterocycles. The first-order valence-corrected chi connectivity index (χ1v) is 8.25. The van der Waals surface area contributed by atoms with Crippen LogP contribution in [0.3, 0.4) is 0 Å². The van der Waals surface area contributed by atoms with Crippen LogP contribution >= 0.6 is 0 Å². The van der Waals surface area contributed by atoms with Crippen molar-refractivity contribution in [3.8, 4) is 0 Å². The Morgan fingerprint density at radius 3 is 2.37 bits per heavy atom. The van der Waals surface area contributed by atoms with Crippen LogP contribution in [-0.4, -0.2) is 35.0 Å². The summed E-state index contributed by atoms with van der Waals surface area (Å²) in [4.78, 5) is 15.0. The fraction of sp³-hybridized carbons (Fsp3) is 0.938. The average molecular weight is 264 g/mol. The van der Waals surface area contributed by atoms with E-state index in [1.807, 2.05) is 0 Å². The van der Waals surface area contributed by atoms with Crippen molar-refractivity contribution in [3.05, 3.63) is 0 Å². The van der Waals surface area contributed by atoms with Gasteiger partial charge in [0.05, 0.1) is 6.04 Å². The number of carbonyl (C=O) groups excluding carboxylic acids is 1. The van der Waals surface area contributed by atoms with Crippen molar-refractivity contribution in [3.63, 3.8) is 0 Å². The molecule has 2 heterocycles. The molecule has 1 saturated carbocycles. The largest absolute Gasteiger partial charge is 0.336 e. The van der Waals surface area contributed by atoms with Crippen molar-refractivity contribution < 1.29 is 4.79 Å². The lowest BCUT2D eigenvalue weighted by Crippen LogP contribution is -2.54. The van der Waals surface area contributed by atoms with Gasteiger partial charge in [-0.15, -0.1) is 0 Å². The second-order valence-electron chi connectivity index (χ2n) is 6.98.